The molecule has 0 bridgehead atoms. The van der Waals surface area contributed by atoms with E-state index in [4.69, 9.17) is 0 Å². The van der Waals surface area contributed by atoms with E-state index in [1.807, 2.05) is 13.8 Å². The highest BCUT2D eigenvalue weighted by molar-refractivity contribution is 9.11. The number of aryl methyl sites for hydroxylation is 2. The Kier molecular flexibility index (Phi) is 6.35. The van der Waals surface area contributed by atoms with Gasteiger partial charge in [-0.2, -0.15) is 0 Å². The van der Waals surface area contributed by atoms with Crippen LogP contribution in [0.1, 0.15) is 22.5 Å². The van der Waals surface area contributed by atoms with Gasteiger partial charge in [-0.1, -0.05) is 22.5 Å². The molecule has 0 aliphatic heterocycles. The van der Waals surface area contributed by atoms with Gasteiger partial charge in [0.25, 0.3) is 0 Å². The third kappa shape index (κ3) is 5.18. The largest absolute Gasteiger partial charge is 0.357 e. The van der Waals surface area contributed by atoms with E-state index in [1.165, 1.54) is 4.88 Å². The van der Waals surface area contributed by atoms with Crippen LogP contribution in [0.4, 0.5) is 0 Å². The third-order valence-electron chi connectivity index (χ3n) is 2.24. The Balaban J connectivity index is 2.61. The van der Waals surface area contributed by atoms with E-state index in [0.717, 1.165) is 27.7 Å². The maximum absolute atomic E-state index is 4.49. The van der Waals surface area contributed by atoms with Crippen LogP contribution in [0, 0.1) is 13.8 Å². The average molecular weight is 331 g/mol. The topological polar surface area (TPSA) is 49.3 Å². The zero-order valence-electron chi connectivity index (χ0n) is 11.0. The summed E-state index contributed by atoms with van der Waals surface area (Å²) in [5.74, 6) is 0.781. The predicted molar refractivity (Wildman–Crippen MR) is 82.5 cm³/mol. The maximum atomic E-state index is 4.49. The smallest absolute Gasteiger partial charge is 0.191 e. The van der Waals surface area contributed by atoms with Crippen molar-refractivity contribution in [3.05, 3.63) is 26.6 Å². The molecule has 0 aromatic carbocycles. The number of thiazole rings is 1. The Labute approximate surface area is 121 Å². The Bertz CT molecular complexity index is 420. The lowest BCUT2D eigenvalue weighted by Gasteiger charge is -2.09. The van der Waals surface area contributed by atoms with Crippen molar-refractivity contribution < 1.29 is 0 Å². The number of nitrogens with zero attached hydrogens (tertiary/aromatic N) is 2. The number of hydrogen-bond donors (Lipinski definition) is 2. The first-order valence-corrected chi connectivity index (χ1v) is 7.42. The summed E-state index contributed by atoms with van der Waals surface area (Å²) >= 11 is 5.01. The molecule has 18 heavy (non-hydrogen) atoms. The predicted octanol–water partition coefficient (Wildman–Crippen LogP) is 2.72. The Hall–Kier alpha value is -0.880. The normalized spacial score (nSPS) is 11.4. The van der Waals surface area contributed by atoms with Gasteiger partial charge in [0.1, 0.15) is 5.01 Å². The molecule has 4 nitrogen and oxygen atoms in total. The molecule has 0 amide bonds. The van der Waals surface area contributed by atoms with Crippen molar-refractivity contribution in [2.75, 3.05) is 13.1 Å². The van der Waals surface area contributed by atoms with Crippen LogP contribution >= 0.6 is 27.3 Å². The molecule has 6 heteroatoms. The van der Waals surface area contributed by atoms with Crippen molar-refractivity contribution in [3.63, 3.8) is 0 Å². The fourth-order valence-corrected chi connectivity index (χ4v) is 2.27. The second-order valence-electron chi connectivity index (χ2n) is 3.82. The Morgan fingerprint density at radius 2 is 2.17 bits per heavy atom. The van der Waals surface area contributed by atoms with Gasteiger partial charge in [-0.25, -0.2) is 9.98 Å². The number of aliphatic imine (C=N–C) groups is 1. The van der Waals surface area contributed by atoms with Crippen molar-refractivity contribution in [1.29, 1.82) is 0 Å². The van der Waals surface area contributed by atoms with Gasteiger partial charge in [-0.15, -0.1) is 11.3 Å². The van der Waals surface area contributed by atoms with Crippen molar-refractivity contribution in [3.8, 4) is 0 Å². The highest BCUT2D eigenvalue weighted by Gasteiger charge is 2.03. The Morgan fingerprint density at radius 1 is 1.44 bits per heavy atom. The molecule has 0 unspecified atom stereocenters. The van der Waals surface area contributed by atoms with E-state index in [9.17, 15) is 0 Å². The summed E-state index contributed by atoms with van der Waals surface area (Å²) in [6, 6.07) is 0. The SMILES string of the molecule is C=C(Br)CNC(=NCc1nc(C)c(C)s1)NCC. The Morgan fingerprint density at radius 3 is 2.67 bits per heavy atom. The summed E-state index contributed by atoms with van der Waals surface area (Å²) in [4.78, 5) is 10.2. The molecule has 1 rings (SSSR count). The number of hydrogen-bond acceptors (Lipinski definition) is 3. The van der Waals surface area contributed by atoms with Crippen LogP contribution in [0.25, 0.3) is 0 Å². The second kappa shape index (κ2) is 7.53. The van der Waals surface area contributed by atoms with Gasteiger partial charge in [0.2, 0.25) is 0 Å². The highest BCUT2D eigenvalue weighted by Crippen LogP contribution is 2.16. The molecule has 1 aromatic heterocycles. The van der Waals surface area contributed by atoms with E-state index in [1.54, 1.807) is 11.3 Å². The summed E-state index contributed by atoms with van der Waals surface area (Å²) in [7, 11) is 0. The lowest BCUT2D eigenvalue weighted by Crippen LogP contribution is -2.37. The van der Waals surface area contributed by atoms with Gasteiger partial charge >= 0.3 is 0 Å². The van der Waals surface area contributed by atoms with Gasteiger partial charge in [-0.3, -0.25) is 0 Å². The summed E-state index contributed by atoms with van der Waals surface area (Å²) in [6.07, 6.45) is 0. The minimum Gasteiger partial charge on any atom is -0.357 e. The monoisotopic (exact) mass is 330 g/mol. The molecule has 0 spiro atoms. The molecule has 0 atom stereocenters. The van der Waals surface area contributed by atoms with Crippen molar-refractivity contribution in [2.24, 2.45) is 4.99 Å². The van der Waals surface area contributed by atoms with E-state index in [-0.39, 0.29) is 0 Å². The molecule has 1 heterocycles. The lowest BCUT2D eigenvalue weighted by molar-refractivity contribution is 0.855. The molecule has 1 aromatic rings. The molecule has 0 saturated carbocycles. The first-order chi connectivity index (χ1) is 8.52. The third-order valence-corrected chi connectivity index (χ3v) is 3.58. The van der Waals surface area contributed by atoms with Crippen LogP contribution in [0.5, 0.6) is 0 Å². The number of nitrogens with one attached hydrogen (secondary N) is 2. The van der Waals surface area contributed by atoms with Crippen molar-refractivity contribution >= 4 is 33.2 Å². The molecule has 2 N–H and O–H groups in total. The highest BCUT2D eigenvalue weighted by atomic mass is 79.9. The van der Waals surface area contributed by atoms with Gasteiger partial charge in [0, 0.05) is 22.4 Å². The van der Waals surface area contributed by atoms with E-state index >= 15 is 0 Å². The van der Waals surface area contributed by atoms with E-state index in [0.29, 0.717) is 13.1 Å². The fraction of sp³-hybridized carbons (Fsp3) is 0.500. The summed E-state index contributed by atoms with van der Waals surface area (Å²) in [5.41, 5.74) is 1.09. The average Bonchev–Trinajstić information content (AvgIpc) is 2.62. The van der Waals surface area contributed by atoms with Crippen LogP contribution < -0.4 is 10.6 Å². The second-order valence-corrected chi connectivity index (χ2v) is 6.22. The first-order valence-electron chi connectivity index (χ1n) is 5.81. The molecule has 0 radical (unpaired) electrons. The van der Waals surface area contributed by atoms with Gasteiger partial charge in [-0.05, 0) is 20.8 Å². The summed E-state index contributed by atoms with van der Waals surface area (Å²) < 4.78 is 0.897. The number of halogens is 1. The molecule has 0 fully saturated rings. The van der Waals surface area contributed by atoms with Crippen LogP contribution in [-0.2, 0) is 6.54 Å². The van der Waals surface area contributed by atoms with Crippen molar-refractivity contribution in [1.82, 2.24) is 15.6 Å². The minimum atomic E-state index is 0.601. The van der Waals surface area contributed by atoms with Crippen LogP contribution in [0.3, 0.4) is 0 Å². The van der Waals surface area contributed by atoms with Gasteiger partial charge in [0.05, 0.1) is 12.2 Å². The standard InChI is InChI=1S/C12H19BrN4S/c1-5-14-12(15-6-8(2)13)16-7-11-17-9(3)10(4)18-11/h2,5-7H2,1,3-4H3,(H2,14,15,16). The van der Waals surface area contributed by atoms with E-state index < -0.39 is 0 Å². The van der Waals surface area contributed by atoms with E-state index in [2.05, 4.69) is 50.0 Å². The summed E-state index contributed by atoms with van der Waals surface area (Å²) in [5, 5.41) is 7.41. The minimum absolute atomic E-state index is 0.601. The van der Waals surface area contributed by atoms with Crippen LogP contribution in [0.2, 0.25) is 0 Å². The maximum Gasteiger partial charge on any atom is 0.191 e. The quantitative estimate of drug-likeness (QED) is 0.644. The molecular formula is C12H19BrN4S. The van der Waals surface area contributed by atoms with Gasteiger partial charge in [0.15, 0.2) is 5.96 Å². The molecule has 0 saturated heterocycles. The zero-order valence-corrected chi connectivity index (χ0v) is 13.4. The van der Waals surface area contributed by atoms with Crippen LogP contribution in [0.15, 0.2) is 16.1 Å². The number of rotatable bonds is 5. The zero-order chi connectivity index (χ0) is 13.5. The summed E-state index contributed by atoms with van der Waals surface area (Å²) in [6.45, 7) is 12.0. The molecule has 0 aliphatic carbocycles. The molecule has 0 aliphatic rings. The lowest BCUT2D eigenvalue weighted by atomic mass is 10.4. The van der Waals surface area contributed by atoms with Crippen LogP contribution in [-0.4, -0.2) is 24.0 Å². The van der Waals surface area contributed by atoms with Gasteiger partial charge < -0.3 is 10.6 Å². The number of aromatic nitrogens is 1. The van der Waals surface area contributed by atoms with Crippen molar-refractivity contribution in [2.45, 2.75) is 27.3 Å². The number of guanidine groups is 1. The fourth-order valence-electron chi connectivity index (χ4n) is 1.27. The first kappa shape index (κ1) is 15.2. The molecular weight excluding hydrogens is 312 g/mol. The molecule has 100 valence electrons.